The van der Waals surface area contributed by atoms with Crippen LogP contribution < -0.4 is 5.73 Å². The van der Waals surface area contributed by atoms with Crippen molar-refractivity contribution in [2.75, 3.05) is 0 Å². The van der Waals surface area contributed by atoms with Crippen LogP contribution in [0.15, 0.2) is 24.3 Å². The highest BCUT2D eigenvalue weighted by Crippen LogP contribution is 2.19. The van der Waals surface area contributed by atoms with Crippen LogP contribution >= 0.6 is 12.4 Å². The summed E-state index contributed by atoms with van der Waals surface area (Å²) < 4.78 is 2.19. The maximum atomic E-state index is 5.58. The van der Waals surface area contributed by atoms with Gasteiger partial charge in [-0.1, -0.05) is 6.07 Å². The average Bonchev–Trinajstić information content (AvgIpc) is 2.42. The van der Waals surface area contributed by atoms with Crippen molar-refractivity contribution in [3.05, 3.63) is 35.5 Å². The number of fused-ring (bicyclic) bond motifs is 1. The highest BCUT2D eigenvalue weighted by molar-refractivity contribution is 5.85. The van der Waals surface area contributed by atoms with Gasteiger partial charge in [-0.05, 0) is 30.7 Å². The summed E-state index contributed by atoms with van der Waals surface area (Å²) in [5.74, 6) is 0. The fraction of sp³-hybridized carbons (Fsp3) is 0.273. The number of aromatic nitrogens is 1. The first-order valence-electron chi connectivity index (χ1n) is 4.47. The van der Waals surface area contributed by atoms with Crippen LogP contribution in [0.3, 0.4) is 0 Å². The lowest BCUT2D eigenvalue weighted by atomic mass is 10.1. The van der Waals surface area contributed by atoms with E-state index in [0.717, 1.165) is 0 Å². The number of aryl methyl sites for hydroxylation is 2. The van der Waals surface area contributed by atoms with Crippen LogP contribution in [-0.4, -0.2) is 4.57 Å². The molecule has 0 spiro atoms. The van der Waals surface area contributed by atoms with Gasteiger partial charge in [-0.2, -0.15) is 0 Å². The van der Waals surface area contributed by atoms with Crippen molar-refractivity contribution in [3.63, 3.8) is 0 Å². The summed E-state index contributed by atoms with van der Waals surface area (Å²) in [6.45, 7) is 2.73. The average molecular weight is 211 g/mol. The predicted molar refractivity (Wildman–Crippen MR) is 62.8 cm³/mol. The molecule has 3 heteroatoms. The van der Waals surface area contributed by atoms with Crippen LogP contribution in [0, 0.1) is 6.92 Å². The van der Waals surface area contributed by atoms with Crippen molar-refractivity contribution in [1.29, 1.82) is 0 Å². The van der Waals surface area contributed by atoms with Crippen LogP contribution in [0.1, 0.15) is 11.3 Å². The molecule has 2 nitrogen and oxygen atoms in total. The molecule has 0 aliphatic heterocycles. The molecule has 0 fully saturated rings. The molecule has 14 heavy (non-hydrogen) atoms. The van der Waals surface area contributed by atoms with Crippen molar-refractivity contribution in [2.45, 2.75) is 13.5 Å². The quantitative estimate of drug-likeness (QED) is 0.770. The van der Waals surface area contributed by atoms with E-state index in [1.54, 1.807) is 0 Å². The van der Waals surface area contributed by atoms with Gasteiger partial charge >= 0.3 is 0 Å². The smallest absolute Gasteiger partial charge is 0.0479 e. The van der Waals surface area contributed by atoms with E-state index >= 15 is 0 Å². The lowest BCUT2D eigenvalue weighted by Crippen LogP contribution is -1.95. The summed E-state index contributed by atoms with van der Waals surface area (Å²) in [6.07, 6.45) is 0. The molecule has 0 aliphatic rings. The summed E-state index contributed by atoms with van der Waals surface area (Å²) in [4.78, 5) is 0. The minimum absolute atomic E-state index is 0. The first kappa shape index (κ1) is 11.1. The van der Waals surface area contributed by atoms with Gasteiger partial charge in [0.05, 0.1) is 0 Å². The van der Waals surface area contributed by atoms with Crippen molar-refractivity contribution in [3.8, 4) is 0 Å². The Bertz CT molecular complexity index is 446. The maximum Gasteiger partial charge on any atom is 0.0479 e. The van der Waals surface area contributed by atoms with Gasteiger partial charge in [0.15, 0.2) is 0 Å². The van der Waals surface area contributed by atoms with Crippen molar-refractivity contribution < 1.29 is 0 Å². The zero-order chi connectivity index (χ0) is 9.42. The molecule has 1 aromatic carbocycles. The van der Waals surface area contributed by atoms with E-state index in [9.17, 15) is 0 Å². The van der Waals surface area contributed by atoms with Crippen molar-refractivity contribution >= 4 is 23.3 Å². The molecule has 0 amide bonds. The molecule has 0 radical (unpaired) electrons. The molecule has 2 rings (SSSR count). The Labute approximate surface area is 90.1 Å². The van der Waals surface area contributed by atoms with Gasteiger partial charge in [-0.15, -0.1) is 12.4 Å². The van der Waals surface area contributed by atoms with Crippen molar-refractivity contribution in [1.82, 2.24) is 4.57 Å². The van der Waals surface area contributed by atoms with Gasteiger partial charge in [-0.3, -0.25) is 0 Å². The SMILES string of the molecule is Cc1cc2cc(CN)ccc2n1C.Cl. The summed E-state index contributed by atoms with van der Waals surface area (Å²) in [5.41, 5.74) is 9.33. The Kier molecular flexibility index (Phi) is 3.19. The number of halogens is 1. The molecule has 2 aromatic rings. The molecule has 0 aliphatic carbocycles. The zero-order valence-electron chi connectivity index (χ0n) is 8.45. The van der Waals surface area contributed by atoms with E-state index in [2.05, 4.69) is 42.8 Å². The zero-order valence-corrected chi connectivity index (χ0v) is 9.27. The summed E-state index contributed by atoms with van der Waals surface area (Å²) in [5, 5.41) is 1.28. The number of rotatable bonds is 1. The highest BCUT2D eigenvalue weighted by atomic mass is 35.5. The number of hydrogen-bond donors (Lipinski definition) is 1. The summed E-state index contributed by atoms with van der Waals surface area (Å²) in [7, 11) is 2.08. The predicted octanol–water partition coefficient (Wildman–Crippen LogP) is 2.37. The first-order valence-corrected chi connectivity index (χ1v) is 4.47. The molecule has 0 unspecified atom stereocenters. The number of nitrogens with zero attached hydrogens (tertiary/aromatic N) is 1. The number of benzene rings is 1. The summed E-state index contributed by atoms with van der Waals surface area (Å²) in [6, 6.07) is 8.56. The Balaban J connectivity index is 0.000000980. The molecule has 0 saturated carbocycles. The van der Waals surface area contributed by atoms with Crippen LogP contribution in [0.25, 0.3) is 10.9 Å². The topological polar surface area (TPSA) is 30.9 Å². The normalized spacial score (nSPS) is 10.2. The van der Waals surface area contributed by atoms with E-state index in [4.69, 9.17) is 5.73 Å². The highest BCUT2D eigenvalue weighted by Gasteiger charge is 2.01. The second-order valence-electron chi connectivity index (χ2n) is 3.44. The van der Waals surface area contributed by atoms with Crippen LogP contribution in [0.4, 0.5) is 0 Å². The fourth-order valence-corrected chi connectivity index (χ4v) is 1.66. The van der Waals surface area contributed by atoms with E-state index in [-0.39, 0.29) is 12.4 Å². The number of nitrogens with two attached hydrogens (primary N) is 1. The molecule has 76 valence electrons. The van der Waals surface area contributed by atoms with E-state index in [1.807, 2.05) is 0 Å². The van der Waals surface area contributed by atoms with Gasteiger partial charge in [0.25, 0.3) is 0 Å². The van der Waals surface area contributed by atoms with E-state index in [0.29, 0.717) is 6.54 Å². The van der Waals surface area contributed by atoms with Crippen molar-refractivity contribution in [2.24, 2.45) is 12.8 Å². The van der Waals surface area contributed by atoms with Crippen LogP contribution in [0.5, 0.6) is 0 Å². The largest absolute Gasteiger partial charge is 0.348 e. The molecule has 0 saturated heterocycles. The third-order valence-electron chi connectivity index (χ3n) is 2.58. The van der Waals surface area contributed by atoms with Gasteiger partial charge in [0.2, 0.25) is 0 Å². The van der Waals surface area contributed by atoms with Gasteiger partial charge < -0.3 is 10.3 Å². The molecule has 0 atom stereocenters. The lowest BCUT2D eigenvalue weighted by molar-refractivity contribution is 0.918. The minimum Gasteiger partial charge on any atom is -0.348 e. The third-order valence-corrected chi connectivity index (χ3v) is 2.58. The van der Waals surface area contributed by atoms with Crippen LogP contribution in [-0.2, 0) is 13.6 Å². The Morgan fingerprint density at radius 3 is 2.64 bits per heavy atom. The van der Waals surface area contributed by atoms with E-state index in [1.165, 1.54) is 22.2 Å². The minimum atomic E-state index is 0. The van der Waals surface area contributed by atoms with Gasteiger partial charge in [0, 0.05) is 30.2 Å². The molecule has 1 heterocycles. The van der Waals surface area contributed by atoms with Gasteiger partial charge in [-0.25, -0.2) is 0 Å². The monoisotopic (exact) mass is 210 g/mol. The molecular formula is C11H15ClN2. The number of hydrogen-bond acceptors (Lipinski definition) is 1. The first-order chi connectivity index (χ1) is 6.22. The standard InChI is InChI=1S/C11H14N2.ClH/c1-8-5-10-6-9(7-12)3-4-11(10)13(8)2;/h3-6H,7,12H2,1-2H3;1H. The second-order valence-corrected chi connectivity index (χ2v) is 3.44. The molecular weight excluding hydrogens is 196 g/mol. The molecule has 0 bridgehead atoms. The van der Waals surface area contributed by atoms with Crippen LogP contribution in [0.2, 0.25) is 0 Å². The summed E-state index contributed by atoms with van der Waals surface area (Å²) >= 11 is 0. The van der Waals surface area contributed by atoms with E-state index < -0.39 is 0 Å². The Hall–Kier alpha value is -0.990. The molecule has 2 N–H and O–H groups in total. The molecule has 1 aromatic heterocycles. The fourth-order valence-electron chi connectivity index (χ4n) is 1.66. The lowest BCUT2D eigenvalue weighted by Gasteiger charge is -1.99. The maximum absolute atomic E-state index is 5.58. The van der Waals surface area contributed by atoms with Gasteiger partial charge in [0.1, 0.15) is 0 Å². The third kappa shape index (κ3) is 1.63. The second kappa shape index (κ2) is 4.03. The Morgan fingerprint density at radius 2 is 2.00 bits per heavy atom. The Morgan fingerprint density at radius 1 is 1.29 bits per heavy atom.